The minimum Gasteiger partial charge on any atom is -0.454 e. The Bertz CT molecular complexity index is 538. The van der Waals surface area contributed by atoms with Crippen molar-refractivity contribution in [1.29, 1.82) is 0 Å². The molecule has 0 aliphatic carbocycles. The van der Waals surface area contributed by atoms with Crippen LogP contribution in [-0.2, 0) is 4.74 Å². The molecule has 1 N–H and O–H groups in total. The van der Waals surface area contributed by atoms with Crippen LogP contribution in [0.25, 0.3) is 0 Å². The molecule has 3 nitrogen and oxygen atoms in total. The second kappa shape index (κ2) is 17.3. The summed E-state index contributed by atoms with van der Waals surface area (Å²) in [7, 11) is 0. The highest BCUT2D eigenvalue weighted by atomic mass is 16.5. The number of esters is 1. The molecule has 0 saturated carbocycles. The zero-order valence-electron chi connectivity index (χ0n) is 18.7. The highest BCUT2D eigenvalue weighted by Gasteiger charge is 2.19. The normalized spacial score (nSPS) is 13.5. The van der Waals surface area contributed by atoms with Crippen molar-refractivity contribution >= 4 is 5.97 Å². The van der Waals surface area contributed by atoms with Crippen molar-refractivity contribution in [3.05, 3.63) is 48.0 Å². The monoisotopic (exact) mass is 402 g/mol. The quantitative estimate of drug-likeness (QED) is 0.172. The molecule has 1 rings (SSSR count). The Labute approximate surface area is 178 Å². The maximum absolute atomic E-state index is 12.3. The van der Waals surface area contributed by atoms with Gasteiger partial charge in [-0.2, -0.15) is 0 Å². The van der Waals surface area contributed by atoms with Gasteiger partial charge in [-0.15, -0.1) is 0 Å². The SMILES string of the molecule is CCCCCCCCCCCCC/C=C/[C@@H](OC(=O)c1ccccc1)[C@@H](C)CO. The molecule has 1 aromatic carbocycles. The molecule has 1 aromatic rings. The molecule has 0 fully saturated rings. The number of rotatable bonds is 17. The van der Waals surface area contributed by atoms with Crippen LogP contribution in [-0.4, -0.2) is 23.8 Å². The highest BCUT2D eigenvalue weighted by molar-refractivity contribution is 5.89. The molecule has 0 heterocycles. The molecule has 0 aromatic heterocycles. The van der Waals surface area contributed by atoms with Crippen molar-refractivity contribution in [2.24, 2.45) is 5.92 Å². The Hall–Kier alpha value is -1.61. The first-order valence-corrected chi connectivity index (χ1v) is 11.7. The van der Waals surface area contributed by atoms with Crippen LogP contribution in [0.4, 0.5) is 0 Å². The number of carbonyl (C=O) groups excluding carboxylic acids is 1. The average Bonchev–Trinajstić information content (AvgIpc) is 2.76. The van der Waals surface area contributed by atoms with Gasteiger partial charge < -0.3 is 9.84 Å². The van der Waals surface area contributed by atoms with Crippen LogP contribution >= 0.6 is 0 Å². The number of carbonyl (C=O) groups is 1. The predicted octanol–water partition coefficient (Wildman–Crippen LogP) is 7.10. The Kier molecular flexibility index (Phi) is 15.1. The van der Waals surface area contributed by atoms with Gasteiger partial charge in [0, 0.05) is 12.5 Å². The zero-order valence-corrected chi connectivity index (χ0v) is 18.7. The summed E-state index contributed by atoms with van der Waals surface area (Å²) in [5.41, 5.74) is 0.543. The summed E-state index contributed by atoms with van der Waals surface area (Å²) in [4.78, 5) is 12.3. The third kappa shape index (κ3) is 12.5. The summed E-state index contributed by atoms with van der Waals surface area (Å²) in [6, 6.07) is 9.01. The molecule has 0 saturated heterocycles. The highest BCUT2D eigenvalue weighted by Crippen LogP contribution is 2.15. The van der Waals surface area contributed by atoms with E-state index >= 15 is 0 Å². The van der Waals surface area contributed by atoms with Crippen molar-refractivity contribution in [2.75, 3.05) is 6.61 Å². The largest absolute Gasteiger partial charge is 0.454 e. The molecule has 0 bridgehead atoms. The summed E-state index contributed by atoms with van der Waals surface area (Å²) >= 11 is 0. The summed E-state index contributed by atoms with van der Waals surface area (Å²) in [6.07, 6.45) is 19.4. The van der Waals surface area contributed by atoms with Crippen LogP contribution in [0.1, 0.15) is 101 Å². The molecule has 3 heteroatoms. The van der Waals surface area contributed by atoms with Crippen LogP contribution in [0.5, 0.6) is 0 Å². The molecule has 2 atom stereocenters. The number of hydrogen-bond donors (Lipinski definition) is 1. The summed E-state index contributed by atoms with van der Waals surface area (Å²) < 4.78 is 5.61. The Morgan fingerprint density at radius 2 is 1.48 bits per heavy atom. The topological polar surface area (TPSA) is 46.5 Å². The van der Waals surface area contributed by atoms with Gasteiger partial charge in [-0.3, -0.25) is 0 Å². The number of hydrogen-bond acceptors (Lipinski definition) is 3. The lowest BCUT2D eigenvalue weighted by Crippen LogP contribution is -2.25. The van der Waals surface area contributed by atoms with Gasteiger partial charge in [0.05, 0.1) is 5.56 Å². The van der Waals surface area contributed by atoms with E-state index in [2.05, 4.69) is 13.0 Å². The van der Waals surface area contributed by atoms with Crippen LogP contribution in [0.15, 0.2) is 42.5 Å². The smallest absolute Gasteiger partial charge is 0.338 e. The fraction of sp³-hybridized carbons (Fsp3) is 0.654. The van der Waals surface area contributed by atoms with Gasteiger partial charge in [0.25, 0.3) is 0 Å². The third-order valence-corrected chi connectivity index (χ3v) is 5.40. The van der Waals surface area contributed by atoms with Crippen LogP contribution in [0.2, 0.25) is 0 Å². The van der Waals surface area contributed by atoms with Gasteiger partial charge in [0.2, 0.25) is 0 Å². The lowest BCUT2D eigenvalue weighted by molar-refractivity contribution is 0.0221. The van der Waals surface area contributed by atoms with Crippen molar-refractivity contribution in [3.63, 3.8) is 0 Å². The first-order chi connectivity index (χ1) is 14.2. The Morgan fingerprint density at radius 3 is 2.03 bits per heavy atom. The number of benzene rings is 1. The van der Waals surface area contributed by atoms with Gasteiger partial charge in [-0.25, -0.2) is 4.79 Å². The van der Waals surface area contributed by atoms with E-state index < -0.39 is 0 Å². The minimum absolute atomic E-state index is 0.00444. The summed E-state index contributed by atoms with van der Waals surface area (Å²) in [6.45, 7) is 4.16. The van der Waals surface area contributed by atoms with Crippen LogP contribution in [0, 0.1) is 5.92 Å². The second-order valence-corrected chi connectivity index (χ2v) is 8.15. The van der Waals surface area contributed by atoms with E-state index in [1.807, 2.05) is 31.2 Å². The molecular formula is C26H42O3. The third-order valence-electron chi connectivity index (χ3n) is 5.40. The van der Waals surface area contributed by atoms with Crippen molar-refractivity contribution in [2.45, 2.75) is 97.0 Å². The second-order valence-electron chi connectivity index (χ2n) is 8.15. The lowest BCUT2D eigenvalue weighted by Gasteiger charge is -2.19. The molecule has 0 aliphatic rings. The molecule has 0 spiro atoms. The van der Waals surface area contributed by atoms with E-state index in [4.69, 9.17) is 4.74 Å². The minimum atomic E-state index is -0.389. The predicted molar refractivity (Wildman–Crippen MR) is 122 cm³/mol. The van der Waals surface area contributed by atoms with Gasteiger partial charge >= 0.3 is 5.97 Å². The van der Waals surface area contributed by atoms with E-state index in [9.17, 15) is 9.90 Å². The van der Waals surface area contributed by atoms with E-state index in [0.717, 1.165) is 6.42 Å². The van der Waals surface area contributed by atoms with E-state index in [-0.39, 0.29) is 24.6 Å². The van der Waals surface area contributed by atoms with Crippen LogP contribution < -0.4 is 0 Å². The fourth-order valence-corrected chi connectivity index (χ4v) is 3.37. The fourth-order valence-electron chi connectivity index (χ4n) is 3.37. The van der Waals surface area contributed by atoms with E-state index in [0.29, 0.717) is 5.56 Å². The van der Waals surface area contributed by atoms with E-state index in [1.165, 1.54) is 70.6 Å². The number of allylic oxidation sites excluding steroid dienone is 1. The maximum Gasteiger partial charge on any atom is 0.338 e. The average molecular weight is 403 g/mol. The molecule has 0 amide bonds. The molecule has 0 unspecified atom stereocenters. The van der Waals surface area contributed by atoms with Gasteiger partial charge in [-0.1, -0.05) is 102 Å². The van der Waals surface area contributed by atoms with Crippen molar-refractivity contribution in [1.82, 2.24) is 0 Å². The van der Waals surface area contributed by atoms with Gasteiger partial charge in [0.1, 0.15) is 6.10 Å². The first kappa shape index (κ1) is 25.4. The number of aliphatic hydroxyl groups excluding tert-OH is 1. The van der Waals surface area contributed by atoms with Gasteiger partial charge in [0.15, 0.2) is 0 Å². The number of unbranched alkanes of at least 4 members (excludes halogenated alkanes) is 11. The van der Waals surface area contributed by atoms with Gasteiger partial charge in [-0.05, 0) is 31.1 Å². The Balaban J connectivity index is 2.17. The standard InChI is InChI=1S/C26H42O3/c1-3-4-5-6-7-8-9-10-11-12-13-14-18-21-25(23(2)22-27)29-26(28)24-19-16-15-17-20-24/h15-21,23,25,27H,3-14,22H2,1-2H3/b21-18+/t23-,25+/m0/s1. The molecule has 29 heavy (non-hydrogen) atoms. The summed E-state index contributed by atoms with van der Waals surface area (Å²) in [5.74, 6) is -0.452. The first-order valence-electron chi connectivity index (χ1n) is 11.7. The molecule has 0 aliphatic heterocycles. The maximum atomic E-state index is 12.3. The summed E-state index contributed by atoms with van der Waals surface area (Å²) in [5, 5.41) is 9.47. The molecule has 0 radical (unpaired) electrons. The molecular weight excluding hydrogens is 360 g/mol. The number of aliphatic hydroxyl groups is 1. The van der Waals surface area contributed by atoms with E-state index in [1.54, 1.807) is 12.1 Å². The van der Waals surface area contributed by atoms with Crippen molar-refractivity contribution in [3.8, 4) is 0 Å². The van der Waals surface area contributed by atoms with Crippen LogP contribution in [0.3, 0.4) is 0 Å². The number of ether oxygens (including phenoxy) is 1. The zero-order chi connectivity index (χ0) is 21.2. The van der Waals surface area contributed by atoms with Crippen molar-refractivity contribution < 1.29 is 14.6 Å². The lowest BCUT2D eigenvalue weighted by atomic mass is 10.0. The molecule has 164 valence electrons. The Morgan fingerprint density at radius 1 is 0.931 bits per heavy atom.